The Bertz CT molecular complexity index is 1270. The van der Waals surface area contributed by atoms with Crippen molar-refractivity contribution in [3.63, 3.8) is 0 Å². The normalized spacial score (nSPS) is 20.7. The number of aryl methyl sites for hydroxylation is 2. The number of nitrogens with zero attached hydrogens (tertiary/aromatic N) is 6. The average molecular weight is 393 g/mol. The third-order valence-corrected chi connectivity index (χ3v) is 5.89. The first-order valence-electron chi connectivity index (χ1n) is 9.74. The monoisotopic (exact) mass is 393 g/mol. The van der Waals surface area contributed by atoms with Gasteiger partial charge in [0.15, 0.2) is 11.5 Å². The SMILES string of the molecule is Cc1cn2nc(-c3cc(F)c4nn([C@H]5COC6(CNC6)C5)nc4c3)cc(C)c2n1. The molecule has 1 aromatic carbocycles. The highest BCUT2D eigenvalue weighted by Crippen LogP contribution is 2.36. The van der Waals surface area contributed by atoms with Gasteiger partial charge in [-0.05, 0) is 37.6 Å². The molecule has 0 amide bonds. The maximum Gasteiger partial charge on any atom is 0.156 e. The summed E-state index contributed by atoms with van der Waals surface area (Å²) in [6.45, 7) is 6.15. The highest BCUT2D eigenvalue weighted by molar-refractivity contribution is 5.81. The summed E-state index contributed by atoms with van der Waals surface area (Å²) in [7, 11) is 0. The minimum atomic E-state index is -0.399. The van der Waals surface area contributed by atoms with Crippen molar-refractivity contribution in [1.82, 2.24) is 34.9 Å². The first-order valence-corrected chi connectivity index (χ1v) is 9.74. The number of ether oxygens (including phenoxy) is 1. The number of rotatable bonds is 2. The Hall–Kier alpha value is -2.91. The molecule has 2 fully saturated rings. The Morgan fingerprint density at radius 2 is 2.03 bits per heavy atom. The van der Waals surface area contributed by atoms with E-state index in [1.54, 1.807) is 9.31 Å². The zero-order valence-corrected chi connectivity index (χ0v) is 16.2. The summed E-state index contributed by atoms with van der Waals surface area (Å²) in [4.78, 5) is 6.09. The zero-order valence-electron chi connectivity index (χ0n) is 16.2. The molecule has 3 aromatic heterocycles. The molecule has 2 saturated heterocycles. The molecular weight excluding hydrogens is 373 g/mol. The third-order valence-electron chi connectivity index (χ3n) is 5.89. The molecule has 1 spiro atoms. The van der Waals surface area contributed by atoms with Gasteiger partial charge in [0.1, 0.15) is 11.0 Å². The van der Waals surface area contributed by atoms with Gasteiger partial charge in [-0.1, -0.05) is 0 Å². The van der Waals surface area contributed by atoms with Gasteiger partial charge < -0.3 is 10.1 Å². The molecule has 5 heterocycles. The van der Waals surface area contributed by atoms with Gasteiger partial charge in [0, 0.05) is 25.1 Å². The lowest BCUT2D eigenvalue weighted by Gasteiger charge is -2.37. The largest absolute Gasteiger partial charge is 0.370 e. The Morgan fingerprint density at radius 1 is 1.17 bits per heavy atom. The number of imidazole rings is 1. The number of fused-ring (bicyclic) bond motifs is 2. The van der Waals surface area contributed by atoms with Crippen molar-refractivity contribution in [3.8, 4) is 11.3 Å². The second-order valence-corrected chi connectivity index (χ2v) is 8.16. The number of benzene rings is 1. The smallest absolute Gasteiger partial charge is 0.156 e. The lowest BCUT2D eigenvalue weighted by atomic mass is 9.92. The summed E-state index contributed by atoms with van der Waals surface area (Å²) in [5.74, 6) is -0.399. The topological polar surface area (TPSA) is 82.2 Å². The van der Waals surface area contributed by atoms with Gasteiger partial charge in [-0.25, -0.2) is 13.9 Å². The fraction of sp³-hybridized carbons (Fsp3) is 0.400. The van der Waals surface area contributed by atoms with Crippen LogP contribution in [0.2, 0.25) is 0 Å². The van der Waals surface area contributed by atoms with Crippen molar-refractivity contribution in [3.05, 3.63) is 41.5 Å². The third kappa shape index (κ3) is 2.57. The average Bonchev–Trinajstić information content (AvgIpc) is 3.36. The van der Waals surface area contributed by atoms with E-state index in [1.807, 2.05) is 32.2 Å². The molecule has 0 unspecified atom stereocenters. The molecule has 0 saturated carbocycles. The van der Waals surface area contributed by atoms with Gasteiger partial charge in [-0.2, -0.15) is 15.0 Å². The van der Waals surface area contributed by atoms with E-state index in [4.69, 9.17) is 4.74 Å². The van der Waals surface area contributed by atoms with Crippen LogP contribution < -0.4 is 5.32 Å². The molecule has 2 aliphatic rings. The molecule has 2 aliphatic heterocycles. The molecule has 4 aromatic rings. The van der Waals surface area contributed by atoms with Crippen molar-refractivity contribution >= 4 is 16.7 Å². The van der Waals surface area contributed by atoms with Crippen LogP contribution in [0.15, 0.2) is 24.4 Å². The van der Waals surface area contributed by atoms with Crippen molar-refractivity contribution in [1.29, 1.82) is 0 Å². The van der Waals surface area contributed by atoms with Crippen LogP contribution in [0, 0.1) is 19.7 Å². The molecule has 8 nitrogen and oxygen atoms in total. The van der Waals surface area contributed by atoms with Gasteiger partial charge in [0.2, 0.25) is 0 Å². The molecular formula is C20H20FN7O. The Kier molecular flexibility index (Phi) is 3.40. The predicted octanol–water partition coefficient (Wildman–Crippen LogP) is 2.20. The first-order chi connectivity index (χ1) is 14.0. The number of hydrogen-bond donors (Lipinski definition) is 1. The lowest BCUT2D eigenvalue weighted by Crippen LogP contribution is -2.59. The van der Waals surface area contributed by atoms with Crippen molar-refractivity contribution < 1.29 is 9.13 Å². The molecule has 1 atom stereocenters. The van der Waals surface area contributed by atoms with E-state index in [2.05, 4.69) is 25.6 Å². The van der Waals surface area contributed by atoms with E-state index in [-0.39, 0.29) is 17.2 Å². The minimum Gasteiger partial charge on any atom is -0.370 e. The maximum atomic E-state index is 14.9. The van der Waals surface area contributed by atoms with Gasteiger partial charge in [0.25, 0.3) is 0 Å². The fourth-order valence-corrected chi connectivity index (χ4v) is 4.31. The van der Waals surface area contributed by atoms with E-state index in [0.29, 0.717) is 23.4 Å². The molecule has 6 rings (SSSR count). The first kappa shape index (κ1) is 17.0. The van der Waals surface area contributed by atoms with Gasteiger partial charge in [-0.3, -0.25) is 0 Å². The highest BCUT2D eigenvalue weighted by atomic mass is 19.1. The van der Waals surface area contributed by atoms with Gasteiger partial charge >= 0.3 is 0 Å². The van der Waals surface area contributed by atoms with Crippen molar-refractivity contribution in [2.75, 3.05) is 19.7 Å². The second-order valence-electron chi connectivity index (χ2n) is 8.16. The minimum absolute atomic E-state index is 0.0259. The van der Waals surface area contributed by atoms with E-state index < -0.39 is 5.82 Å². The Labute approximate surface area is 165 Å². The van der Waals surface area contributed by atoms with Gasteiger partial charge in [-0.15, -0.1) is 5.10 Å². The fourth-order valence-electron chi connectivity index (χ4n) is 4.31. The van der Waals surface area contributed by atoms with Crippen LogP contribution in [-0.2, 0) is 4.74 Å². The van der Waals surface area contributed by atoms with Crippen LogP contribution in [0.5, 0.6) is 0 Å². The highest BCUT2D eigenvalue weighted by Gasteiger charge is 2.46. The predicted molar refractivity (Wildman–Crippen MR) is 104 cm³/mol. The van der Waals surface area contributed by atoms with Crippen LogP contribution >= 0.6 is 0 Å². The molecule has 0 bridgehead atoms. The molecule has 0 aliphatic carbocycles. The summed E-state index contributed by atoms with van der Waals surface area (Å²) in [5, 5.41) is 16.8. The molecule has 29 heavy (non-hydrogen) atoms. The number of aromatic nitrogens is 6. The van der Waals surface area contributed by atoms with Crippen LogP contribution in [0.3, 0.4) is 0 Å². The summed E-state index contributed by atoms with van der Waals surface area (Å²) < 4.78 is 22.6. The molecule has 1 N–H and O–H groups in total. The quantitative estimate of drug-likeness (QED) is 0.562. The van der Waals surface area contributed by atoms with Crippen molar-refractivity contribution in [2.24, 2.45) is 0 Å². The standard InChI is InChI=1S/C20H20FN7O/c1-11-3-16(24-27-7-12(2)23-19(11)27)13-4-15(21)18-17(5-13)25-28(26-18)14-6-20(29-8-14)9-22-10-20/h3-5,7,14,22H,6,8-10H2,1-2H3/t14-/m1/s1. The van der Waals surface area contributed by atoms with Crippen LogP contribution in [-0.4, -0.2) is 54.9 Å². The van der Waals surface area contributed by atoms with Crippen LogP contribution in [0.1, 0.15) is 23.7 Å². The Balaban J connectivity index is 1.41. The Morgan fingerprint density at radius 3 is 2.79 bits per heavy atom. The van der Waals surface area contributed by atoms with Gasteiger partial charge in [0.05, 0.1) is 35.8 Å². The molecule has 9 heteroatoms. The zero-order chi connectivity index (χ0) is 19.8. The second kappa shape index (κ2) is 5.80. The maximum absolute atomic E-state index is 14.9. The molecule has 148 valence electrons. The van der Waals surface area contributed by atoms with E-state index in [9.17, 15) is 4.39 Å². The molecule has 0 radical (unpaired) electrons. The van der Waals surface area contributed by atoms with E-state index in [0.717, 1.165) is 36.4 Å². The summed E-state index contributed by atoms with van der Waals surface area (Å²) in [5.41, 5.74) is 4.71. The number of hydrogen-bond acceptors (Lipinski definition) is 6. The van der Waals surface area contributed by atoms with Crippen LogP contribution in [0.25, 0.3) is 27.9 Å². The number of nitrogens with one attached hydrogen (secondary N) is 1. The summed E-state index contributed by atoms with van der Waals surface area (Å²) >= 11 is 0. The lowest BCUT2D eigenvalue weighted by molar-refractivity contribution is -0.0362. The summed E-state index contributed by atoms with van der Waals surface area (Å²) in [6, 6.07) is 5.26. The van der Waals surface area contributed by atoms with E-state index in [1.165, 1.54) is 6.07 Å². The van der Waals surface area contributed by atoms with E-state index >= 15 is 0 Å². The van der Waals surface area contributed by atoms with Crippen LogP contribution in [0.4, 0.5) is 4.39 Å². The van der Waals surface area contributed by atoms with Crippen molar-refractivity contribution in [2.45, 2.75) is 31.9 Å². The summed E-state index contributed by atoms with van der Waals surface area (Å²) in [6.07, 6.45) is 2.70. The number of halogens is 1.